The normalized spacial score (nSPS) is 12.7. The van der Waals surface area contributed by atoms with E-state index in [2.05, 4.69) is 10.6 Å². The molecule has 0 aliphatic rings. The summed E-state index contributed by atoms with van der Waals surface area (Å²) in [6, 6.07) is 5.38. The number of carbonyl (C=O) groups is 1. The third-order valence-electron chi connectivity index (χ3n) is 2.61. The third kappa shape index (κ3) is 6.46. The third-order valence-corrected chi connectivity index (χ3v) is 2.61. The molecule has 1 aromatic carbocycles. The molecule has 0 aromatic heterocycles. The van der Waals surface area contributed by atoms with E-state index in [-0.39, 0.29) is 13.2 Å². The van der Waals surface area contributed by atoms with Crippen molar-refractivity contribution in [3.8, 4) is 0 Å². The van der Waals surface area contributed by atoms with Crippen molar-refractivity contribution in [3.05, 3.63) is 23.8 Å². The number of aliphatic hydroxyl groups excluding tert-OH is 2. The molecular formula is C15H24N2O4. The molecule has 0 spiro atoms. The summed E-state index contributed by atoms with van der Waals surface area (Å²) in [5.41, 5.74) is 1.79. The van der Waals surface area contributed by atoms with Gasteiger partial charge < -0.3 is 20.3 Å². The van der Waals surface area contributed by atoms with Gasteiger partial charge in [-0.25, -0.2) is 4.79 Å². The van der Waals surface area contributed by atoms with Crippen LogP contribution in [0.15, 0.2) is 18.2 Å². The van der Waals surface area contributed by atoms with Gasteiger partial charge in [-0.05, 0) is 51.5 Å². The van der Waals surface area contributed by atoms with Crippen molar-refractivity contribution in [3.63, 3.8) is 0 Å². The van der Waals surface area contributed by atoms with Crippen LogP contribution in [0.3, 0.4) is 0 Å². The molecule has 0 radical (unpaired) electrons. The highest BCUT2D eigenvalue weighted by molar-refractivity contribution is 5.86. The van der Waals surface area contributed by atoms with E-state index in [0.29, 0.717) is 5.69 Å². The molecule has 0 fully saturated rings. The number of hydrogen-bond acceptors (Lipinski definition) is 5. The summed E-state index contributed by atoms with van der Waals surface area (Å²) in [6.45, 7) is 7.25. The maximum atomic E-state index is 11.7. The Morgan fingerprint density at radius 2 is 2.05 bits per heavy atom. The van der Waals surface area contributed by atoms with E-state index in [0.717, 1.165) is 11.3 Å². The van der Waals surface area contributed by atoms with E-state index in [4.69, 9.17) is 9.84 Å². The van der Waals surface area contributed by atoms with Gasteiger partial charge in [-0.1, -0.05) is 0 Å². The van der Waals surface area contributed by atoms with E-state index < -0.39 is 17.8 Å². The minimum absolute atomic E-state index is 0.259. The van der Waals surface area contributed by atoms with Gasteiger partial charge in [0.1, 0.15) is 5.60 Å². The average Bonchev–Trinajstić information content (AvgIpc) is 2.36. The zero-order chi connectivity index (χ0) is 16.0. The molecular weight excluding hydrogens is 272 g/mol. The number of rotatable bonds is 5. The summed E-state index contributed by atoms with van der Waals surface area (Å²) >= 11 is 0. The first-order valence-corrected chi connectivity index (χ1v) is 6.84. The van der Waals surface area contributed by atoms with Gasteiger partial charge in [-0.2, -0.15) is 0 Å². The fourth-order valence-electron chi connectivity index (χ4n) is 1.63. The highest BCUT2D eigenvalue weighted by atomic mass is 16.6. The van der Waals surface area contributed by atoms with Gasteiger partial charge in [0.25, 0.3) is 0 Å². The standard InChI is InChI=1S/C15H24N2O4/c1-10-7-11(16-8-12(19)9-18)5-6-13(10)17-14(20)21-15(2,3)4/h5-7,12,16,18-19H,8-9H2,1-4H3,(H,17,20). The van der Waals surface area contributed by atoms with Gasteiger partial charge in [-0.3, -0.25) is 5.32 Å². The maximum absolute atomic E-state index is 11.7. The molecule has 4 N–H and O–H groups in total. The molecule has 1 amide bonds. The molecule has 0 saturated carbocycles. The first-order valence-electron chi connectivity index (χ1n) is 6.84. The van der Waals surface area contributed by atoms with Gasteiger partial charge in [-0.15, -0.1) is 0 Å². The van der Waals surface area contributed by atoms with Gasteiger partial charge in [0.05, 0.1) is 12.7 Å². The fourth-order valence-corrected chi connectivity index (χ4v) is 1.63. The van der Waals surface area contributed by atoms with Gasteiger partial charge in [0, 0.05) is 17.9 Å². The predicted octanol–water partition coefficient (Wildman–Crippen LogP) is 2.11. The number of hydrogen-bond donors (Lipinski definition) is 4. The van der Waals surface area contributed by atoms with Crippen molar-refractivity contribution in [2.24, 2.45) is 0 Å². The van der Waals surface area contributed by atoms with Gasteiger partial charge >= 0.3 is 6.09 Å². The molecule has 118 valence electrons. The number of aliphatic hydroxyl groups is 2. The van der Waals surface area contributed by atoms with Crippen LogP contribution in [0.25, 0.3) is 0 Å². The number of nitrogens with one attached hydrogen (secondary N) is 2. The molecule has 21 heavy (non-hydrogen) atoms. The average molecular weight is 296 g/mol. The molecule has 0 bridgehead atoms. The number of ether oxygens (including phenoxy) is 1. The number of amides is 1. The number of aryl methyl sites for hydroxylation is 1. The SMILES string of the molecule is Cc1cc(NCC(O)CO)ccc1NC(=O)OC(C)(C)C. The van der Waals surface area contributed by atoms with Crippen LogP contribution in [0, 0.1) is 6.92 Å². The Kier molecular flexibility index (Phi) is 5.99. The lowest BCUT2D eigenvalue weighted by Gasteiger charge is -2.20. The zero-order valence-corrected chi connectivity index (χ0v) is 12.9. The minimum Gasteiger partial charge on any atom is -0.444 e. The van der Waals surface area contributed by atoms with Crippen LogP contribution in [0.5, 0.6) is 0 Å². The molecule has 0 aliphatic heterocycles. The number of carbonyl (C=O) groups excluding carboxylic acids is 1. The molecule has 0 saturated heterocycles. The first kappa shape index (κ1) is 17.3. The molecule has 1 unspecified atom stereocenters. The van der Waals surface area contributed by atoms with Crippen molar-refractivity contribution < 1.29 is 19.7 Å². The Morgan fingerprint density at radius 3 is 2.57 bits per heavy atom. The Balaban J connectivity index is 2.64. The van der Waals surface area contributed by atoms with Crippen molar-refractivity contribution >= 4 is 17.5 Å². The Hall–Kier alpha value is -1.79. The van der Waals surface area contributed by atoms with E-state index >= 15 is 0 Å². The molecule has 6 nitrogen and oxygen atoms in total. The summed E-state index contributed by atoms with van der Waals surface area (Å²) in [5, 5.41) is 23.7. The predicted molar refractivity (Wildman–Crippen MR) is 82.6 cm³/mol. The van der Waals surface area contributed by atoms with E-state index in [1.807, 2.05) is 13.0 Å². The second-order valence-electron chi connectivity index (χ2n) is 5.87. The highest BCUT2D eigenvalue weighted by Gasteiger charge is 2.16. The van der Waals surface area contributed by atoms with E-state index in [1.165, 1.54) is 0 Å². The lowest BCUT2D eigenvalue weighted by Crippen LogP contribution is -2.27. The van der Waals surface area contributed by atoms with Crippen molar-refractivity contribution in [1.82, 2.24) is 0 Å². The van der Waals surface area contributed by atoms with E-state index in [1.54, 1.807) is 32.9 Å². The fraction of sp³-hybridized carbons (Fsp3) is 0.533. The number of anilines is 2. The Bertz CT molecular complexity index is 483. The monoisotopic (exact) mass is 296 g/mol. The summed E-state index contributed by atoms with van der Waals surface area (Å²) in [6.07, 6.45) is -1.30. The highest BCUT2D eigenvalue weighted by Crippen LogP contribution is 2.20. The van der Waals surface area contributed by atoms with Crippen molar-refractivity contribution in [1.29, 1.82) is 0 Å². The summed E-state index contributed by atoms with van der Waals surface area (Å²) in [7, 11) is 0. The first-order chi connectivity index (χ1) is 9.71. The lowest BCUT2D eigenvalue weighted by atomic mass is 10.1. The van der Waals surface area contributed by atoms with Crippen LogP contribution in [-0.2, 0) is 4.74 Å². The lowest BCUT2D eigenvalue weighted by molar-refractivity contribution is 0.0636. The van der Waals surface area contributed by atoms with Crippen LogP contribution < -0.4 is 10.6 Å². The quantitative estimate of drug-likeness (QED) is 0.668. The molecule has 1 aromatic rings. The van der Waals surface area contributed by atoms with Crippen LogP contribution in [0.4, 0.5) is 16.2 Å². The Labute approximate surface area is 125 Å². The van der Waals surface area contributed by atoms with Crippen molar-refractivity contribution in [2.45, 2.75) is 39.4 Å². The second-order valence-corrected chi connectivity index (χ2v) is 5.87. The number of benzene rings is 1. The van der Waals surface area contributed by atoms with Gasteiger partial charge in [0.2, 0.25) is 0 Å². The van der Waals surface area contributed by atoms with Crippen LogP contribution in [0.1, 0.15) is 26.3 Å². The topological polar surface area (TPSA) is 90.8 Å². The smallest absolute Gasteiger partial charge is 0.412 e. The van der Waals surface area contributed by atoms with Crippen LogP contribution in [0.2, 0.25) is 0 Å². The zero-order valence-electron chi connectivity index (χ0n) is 12.9. The minimum atomic E-state index is -0.801. The summed E-state index contributed by atoms with van der Waals surface area (Å²) < 4.78 is 5.19. The second kappa shape index (κ2) is 7.28. The Morgan fingerprint density at radius 1 is 1.38 bits per heavy atom. The van der Waals surface area contributed by atoms with Crippen LogP contribution >= 0.6 is 0 Å². The van der Waals surface area contributed by atoms with Crippen LogP contribution in [-0.4, -0.2) is 41.2 Å². The molecule has 0 heterocycles. The largest absolute Gasteiger partial charge is 0.444 e. The van der Waals surface area contributed by atoms with Gasteiger partial charge in [0.15, 0.2) is 0 Å². The molecule has 6 heteroatoms. The summed E-state index contributed by atoms with van der Waals surface area (Å²) in [4.78, 5) is 11.7. The molecule has 1 rings (SSSR count). The summed E-state index contributed by atoms with van der Waals surface area (Å²) in [5.74, 6) is 0. The maximum Gasteiger partial charge on any atom is 0.412 e. The van der Waals surface area contributed by atoms with E-state index in [9.17, 15) is 9.90 Å². The molecule has 0 aliphatic carbocycles. The van der Waals surface area contributed by atoms with Crippen molar-refractivity contribution in [2.75, 3.05) is 23.8 Å². The molecule has 1 atom stereocenters.